The van der Waals surface area contributed by atoms with Gasteiger partial charge in [0.05, 0.1) is 9.21 Å². The SMILES string of the molecule is Cc1nc(Oc2ccc(NC(=O)c3ccc(Cl)s3)cc2)cc(-n2ccnc2C)n1. The zero-order valence-corrected chi connectivity index (χ0v) is 17.2. The fourth-order valence-electron chi connectivity index (χ4n) is 2.68. The lowest BCUT2D eigenvalue weighted by molar-refractivity contribution is 0.103. The molecule has 0 spiro atoms. The Kier molecular flexibility index (Phi) is 5.28. The summed E-state index contributed by atoms with van der Waals surface area (Å²) in [6.45, 7) is 3.70. The van der Waals surface area contributed by atoms with E-state index in [0.717, 1.165) is 5.82 Å². The molecule has 29 heavy (non-hydrogen) atoms. The quantitative estimate of drug-likeness (QED) is 0.484. The van der Waals surface area contributed by atoms with E-state index in [1.165, 1.54) is 11.3 Å². The number of halogens is 1. The Bertz CT molecular complexity index is 1170. The number of carbonyl (C=O) groups excluding carboxylic acids is 1. The van der Waals surface area contributed by atoms with Gasteiger partial charge in [-0.15, -0.1) is 11.3 Å². The minimum atomic E-state index is -0.206. The van der Waals surface area contributed by atoms with E-state index >= 15 is 0 Å². The summed E-state index contributed by atoms with van der Waals surface area (Å²) in [7, 11) is 0. The van der Waals surface area contributed by atoms with Crippen LogP contribution in [0.15, 0.2) is 54.9 Å². The number of thiophene rings is 1. The molecule has 4 aromatic rings. The Morgan fingerprint density at radius 3 is 2.59 bits per heavy atom. The molecule has 1 N–H and O–H groups in total. The van der Waals surface area contributed by atoms with E-state index < -0.39 is 0 Å². The Labute approximate surface area is 176 Å². The molecule has 3 aromatic heterocycles. The van der Waals surface area contributed by atoms with Gasteiger partial charge in [0, 0.05) is 24.1 Å². The van der Waals surface area contributed by atoms with Crippen molar-refractivity contribution in [2.45, 2.75) is 13.8 Å². The average Bonchev–Trinajstić information content (AvgIpc) is 3.31. The Hall–Kier alpha value is -3.23. The van der Waals surface area contributed by atoms with Crippen LogP contribution >= 0.6 is 22.9 Å². The van der Waals surface area contributed by atoms with Gasteiger partial charge in [0.15, 0.2) is 0 Å². The van der Waals surface area contributed by atoms with E-state index in [9.17, 15) is 4.79 Å². The van der Waals surface area contributed by atoms with E-state index in [4.69, 9.17) is 16.3 Å². The summed E-state index contributed by atoms with van der Waals surface area (Å²) in [5.41, 5.74) is 0.653. The van der Waals surface area contributed by atoms with Gasteiger partial charge in [-0.2, -0.15) is 4.98 Å². The number of imidazole rings is 1. The van der Waals surface area contributed by atoms with E-state index in [0.29, 0.717) is 38.2 Å². The van der Waals surface area contributed by atoms with Crippen LogP contribution in [0.2, 0.25) is 4.34 Å². The molecule has 1 amide bonds. The van der Waals surface area contributed by atoms with Gasteiger partial charge in [0.25, 0.3) is 5.91 Å². The fraction of sp³-hybridized carbons (Fsp3) is 0.100. The molecule has 1 aromatic carbocycles. The van der Waals surface area contributed by atoms with Crippen LogP contribution in [0.3, 0.4) is 0 Å². The third-order valence-corrected chi connectivity index (χ3v) is 5.24. The highest BCUT2D eigenvalue weighted by Crippen LogP contribution is 2.25. The van der Waals surface area contributed by atoms with E-state index in [1.807, 2.05) is 17.7 Å². The van der Waals surface area contributed by atoms with Crippen molar-refractivity contribution in [1.82, 2.24) is 19.5 Å². The number of aryl methyl sites for hydroxylation is 2. The van der Waals surface area contributed by atoms with Crippen LogP contribution in [0.5, 0.6) is 11.6 Å². The number of ether oxygens (including phenoxy) is 1. The lowest BCUT2D eigenvalue weighted by Crippen LogP contribution is -2.09. The monoisotopic (exact) mass is 425 g/mol. The number of aromatic nitrogens is 4. The van der Waals surface area contributed by atoms with Gasteiger partial charge in [-0.25, -0.2) is 9.97 Å². The summed E-state index contributed by atoms with van der Waals surface area (Å²) in [5, 5.41) is 2.83. The largest absolute Gasteiger partial charge is 0.439 e. The van der Waals surface area contributed by atoms with Crippen LogP contribution < -0.4 is 10.1 Å². The van der Waals surface area contributed by atoms with Crippen molar-refractivity contribution in [3.63, 3.8) is 0 Å². The number of carbonyl (C=O) groups is 1. The number of anilines is 1. The standard InChI is InChI=1S/C20H16ClN5O2S/c1-12-23-18(26-10-9-22-13(26)2)11-19(24-12)28-15-5-3-14(4-6-15)25-20(27)16-7-8-17(21)29-16/h3-11H,1-2H3,(H,25,27). The molecule has 4 rings (SSSR count). The van der Waals surface area contributed by atoms with Crippen LogP contribution in [0.4, 0.5) is 5.69 Å². The van der Waals surface area contributed by atoms with Crippen molar-refractivity contribution >= 4 is 34.5 Å². The summed E-state index contributed by atoms with van der Waals surface area (Å²) in [5.74, 6) is 2.90. The molecular formula is C20H16ClN5O2S. The van der Waals surface area contributed by atoms with Gasteiger partial charge in [-0.1, -0.05) is 11.6 Å². The first-order valence-electron chi connectivity index (χ1n) is 8.68. The number of rotatable bonds is 5. The summed E-state index contributed by atoms with van der Waals surface area (Å²) in [6, 6.07) is 12.2. The molecule has 146 valence electrons. The lowest BCUT2D eigenvalue weighted by Gasteiger charge is -2.10. The van der Waals surface area contributed by atoms with Crippen molar-refractivity contribution < 1.29 is 9.53 Å². The van der Waals surface area contributed by atoms with Crippen molar-refractivity contribution in [2.75, 3.05) is 5.32 Å². The summed E-state index contributed by atoms with van der Waals surface area (Å²) < 4.78 is 8.30. The van der Waals surface area contributed by atoms with Gasteiger partial charge >= 0.3 is 0 Å². The first-order valence-corrected chi connectivity index (χ1v) is 9.88. The molecule has 0 bridgehead atoms. The molecule has 0 atom stereocenters. The summed E-state index contributed by atoms with van der Waals surface area (Å²) in [4.78, 5) is 25.7. The highest BCUT2D eigenvalue weighted by molar-refractivity contribution is 7.18. The Balaban J connectivity index is 1.48. The molecule has 3 heterocycles. The summed E-state index contributed by atoms with van der Waals surface area (Å²) >= 11 is 7.11. The van der Waals surface area contributed by atoms with Crippen LogP contribution in [0.1, 0.15) is 21.3 Å². The zero-order valence-electron chi connectivity index (χ0n) is 15.6. The highest BCUT2D eigenvalue weighted by atomic mass is 35.5. The first kappa shape index (κ1) is 19.1. The number of hydrogen-bond donors (Lipinski definition) is 1. The molecule has 0 fully saturated rings. The molecule has 0 saturated heterocycles. The number of nitrogens with zero attached hydrogens (tertiary/aromatic N) is 4. The van der Waals surface area contributed by atoms with E-state index in [2.05, 4.69) is 20.3 Å². The number of nitrogens with one attached hydrogen (secondary N) is 1. The molecule has 9 heteroatoms. The normalized spacial score (nSPS) is 10.7. The topological polar surface area (TPSA) is 81.9 Å². The second-order valence-corrected chi connectivity index (χ2v) is 7.86. The Morgan fingerprint density at radius 1 is 1.14 bits per heavy atom. The molecule has 7 nitrogen and oxygen atoms in total. The highest BCUT2D eigenvalue weighted by Gasteiger charge is 2.10. The first-order chi connectivity index (χ1) is 14.0. The van der Waals surface area contributed by atoms with Crippen molar-refractivity contribution in [3.8, 4) is 17.4 Å². The van der Waals surface area contributed by atoms with Crippen LogP contribution in [0, 0.1) is 13.8 Å². The van der Waals surface area contributed by atoms with Gasteiger partial charge in [-0.05, 0) is 50.2 Å². The molecule has 0 unspecified atom stereocenters. The number of benzene rings is 1. The third-order valence-electron chi connectivity index (χ3n) is 4.01. The van der Waals surface area contributed by atoms with E-state index in [-0.39, 0.29) is 5.91 Å². The second kappa shape index (κ2) is 8.02. The van der Waals surface area contributed by atoms with Gasteiger partial charge in [-0.3, -0.25) is 9.36 Å². The van der Waals surface area contributed by atoms with Gasteiger partial charge in [0.1, 0.15) is 23.2 Å². The minimum Gasteiger partial charge on any atom is -0.439 e. The van der Waals surface area contributed by atoms with Crippen molar-refractivity contribution in [1.29, 1.82) is 0 Å². The Morgan fingerprint density at radius 2 is 1.93 bits per heavy atom. The molecule has 0 aliphatic rings. The molecule has 0 saturated carbocycles. The van der Waals surface area contributed by atoms with Crippen LogP contribution in [-0.2, 0) is 0 Å². The maximum atomic E-state index is 12.2. The maximum Gasteiger partial charge on any atom is 0.265 e. The zero-order chi connectivity index (χ0) is 20.4. The minimum absolute atomic E-state index is 0.206. The van der Waals surface area contributed by atoms with Gasteiger partial charge < -0.3 is 10.1 Å². The molecule has 0 radical (unpaired) electrons. The third kappa shape index (κ3) is 4.44. The predicted octanol–water partition coefficient (Wildman–Crippen LogP) is 5.04. The number of hydrogen-bond acceptors (Lipinski definition) is 6. The maximum absolute atomic E-state index is 12.2. The van der Waals surface area contributed by atoms with Gasteiger partial charge in [0.2, 0.25) is 5.88 Å². The predicted molar refractivity (Wildman–Crippen MR) is 112 cm³/mol. The van der Waals surface area contributed by atoms with E-state index in [1.54, 1.807) is 55.6 Å². The van der Waals surface area contributed by atoms with Crippen molar-refractivity contribution in [2.24, 2.45) is 0 Å². The molecular weight excluding hydrogens is 410 g/mol. The van der Waals surface area contributed by atoms with Crippen molar-refractivity contribution in [3.05, 3.63) is 75.7 Å². The summed E-state index contributed by atoms with van der Waals surface area (Å²) in [6.07, 6.45) is 3.55. The van der Waals surface area contributed by atoms with Crippen LogP contribution in [0.25, 0.3) is 5.82 Å². The number of amides is 1. The smallest absolute Gasteiger partial charge is 0.265 e. The molecule has 0 aliphatic heterocycles. The fourth-order valence-corrected chi connectivity index (χ4v) is 3.62. The lowest BCUT2D eigenvalue weighted by atomic mass is 10.3. The second-order valence-electron chi connectivity index (χ2n) is 6.14. The average molecular weight is 426 g/mol. The van der Waals surface area contributed by atoms with Crippen LogP contribution in [-0.4, -0.2) is 25.4 Å². The molecule has 0 aliphatic carbocycles.